The van der Waals surface area contributed by atoms with E-state index in [2.05, 4.69) is 0 Å². The number of carbonyl (C=O) groups is 8. The summed E-state index contributed by atoms with van der Waals surface area (Å²) in [7, 11) is 1.37. The maximum absolute atomic E-state index is 13.7. The highest BCUT2D eigenvalue weighted by molar-refractivity contribution is 6.35. The third kappa shape index (κ3) is 8.26. The van der Waals surface area contributed by atoms with E-state index in [9.17, 15) is 38.4 Å². The molecule has 70 heavy (non-hydrogen) atoms. The molecule has 8 aromatic carbocycles. The normalized spacial score (nSPS) is 12.7. The Hall–Kier alpha value is -9.68. The number of ketones is 4. The van der Waals surface area contributed by atoms with Gasteiger partial charge in [-0.2, -0.15) is 0 Å². The number of fused-ring (bicyclic) bond motifs is 2. The molecule has 10 rings (SSSR count). The number of rotatable bonds is 13. The molecule has 0 aromatic heterocycles. The molecule has 2 aliphatic rings. The van der Waals surface area contributed by atoms with Gasteiger partial charge in [-0.25, -0.2) is 4.90 Å². The third-order valence-corrected chi connectivity index (χ3v) is 12.1. The number of carbonyl (C=O) groups excluding carboxylic acids is 8. The Morgan fingerprint density at radius 3 is 1.10 bits per heavy atom. The third-order valence-electron chi connectivity index (χ3n) is 12.1. The van der Waals surface area contributed by atoms with Gasteiger partial charge in [0.1, 0.15) is 23.0 Å². The maximum Gasteiger partial charge on any atom is 0.266 e. The van der Waals surface area contributed by atoms with Crippen molar-refractivity contribution in [3.63, 3.8) is 0 Å². The Balaban J connectivity index is 0.771. The van der Waals surface area contributed by atoms with Crippen molar-refractivity contribution in [2.24, 2.45) is 0 Å². The Kier molecular flexibility index (Phi) is 11.3. The van der Waals surface area contributed by atoms with E-state index in [1.807, 2.05) is 31.2 Å². The van der Waals surface area contributed by atoms with Gasteiger partial charge in [0, 0.05) is 51.6 Å². The van der Waals surface area contributed by atoms with Crippen LogP contribution in [0.3, 0.4) is 0 Å². The first-order chi connectivity index (χ1) is 33.8. The summed E-state index contributed by atoms with van der Waals surface area (Å²) in [5, 5.41) is 0. The molecule has 12 heteroatoms. The Labute approximate surface area is 400 Å². The molecule has 0 spiro atoms. The fraction of sp³-hybridized carbons (Fsp3) is 0.0345. The summed E-state index contributed by atoms with van der Waals surface area (Å²) in [5.74, 6) is -1.56. The highest BCUT2D eigenvalue weighted by Crippen LogP contribution is 2.33. The van der Waals surface area contributed by atoms with Crippen molar-refractivity contribution >= 4 is 52.4 Å². The molecular weight excluding hydrogens is 885 g/mol. The fourth-order valence-electron chi connectivity index (χ4n) is 8.28. The predicted octanol–water partition coefficient (Wildman–Crippen LogP) is 10.5. The van der Waals surface area contributed by atoms with E-state index in [4.69, 9.17) is 9.47 Å². The van der Waals surface area contributed by atoms with E-state index < -0.39 is 35.2 Å². The summed E-state index contributed by atoms with van der Waals surface area (Å²) in [5.41, 5.74) is 4.02. The highest BCUT2D eigenvalue weighted by Gasteiger charge is 2.38. The zero-order valence-electron chi connectivity index (χ0n) is 37.3. The van der Waals surface area contributed by atoms with Crippen LogP contribution in [0.15, 0.2) is 182 Å². The summed E-state index contributed by atoms with van der Waals surface area (Å²) in [4.78, 5) is 108. The Morgan fingerprint density at radius 2 is 0.657 bits per heavy atom. The van der Waals surface area contributed by atoms with Gasteiger partial charge in [-0.3, -0.25) is 43.3 Å². The summed E-state index contributed by atoms with van der Waals surface area (Å²) in [6, 6.07) is 48.3. The van der Waals surface area contributed by atoms with Crippen molar-refractivity contribution in [3.05, 3.63) is 254 Å². The average Bonchev–Trinajstić information content (AvgIpc) is 3.77. The van der Waals surface area contributed by atoms with Crippen LogP contribution in [0.5, 0.6) is 23.0 Å². The van der Waals surface area contributed by atoms with Crippen LogP contribution in [-0.4, -0.2) is 58.7 Å². The van der Waals surface area contributed by atoms with Gasteiger partial charge in [0.05, 0.1) is 27.9 Å². The first-order valence-corrected chi connectivity index (χ1v) is 21.9. The quantitative estimate of drug-likeness (QED) is 0.0804. The van der Waals surface area contributed by atoms with Crippen LogP contribution < -0.4 is 14.4 Å². The molecule has 0 aliphatic carbocycles. The van der Waals surface area contributed by atoms with Crippen molar-refractivity contribution in [2.45, 2.75) is 6.92 Å². The molecule has 0 radical (unpaired) electrons. The number of anilines is 1. The summed E-state index contributed by atoms with van der Waals surface area (Å²) >= 11 is 0. The van der Waals surface area contributed by atoms with Gasteiger partial charge in [0.15, 0.2) is 23.1 Å². The monoisotopic (exact) mass is 920 g/mol. The van der Waals surface area contributed by atoms with Crippen molar-refractivity contribution in [1.29, 1.82) is 0 Å². The molecule has 0 bridgehead atoms. The first kappa shape index (κ1) is 44.2. The SMILES string of the molecule is Cc1ccc(Oc2ccc(C(=O)c3cccc(C(=O)c4ccc(Oc5ccc(N6C(=O)c7ccc(C(=O)c8cccc(C(=O)c9ccc%10c(c9)C(=O)N(C)C%10=O)c8)cc7C6=O)cc5)cc4)c3)cc2)cc1. The molecule has 0 fully saturated rings. The zero-order valence-corrected chi connectivity index (χ0v) is 37.3. The van der Waals surface area contributed by atoms with Gasteiger partial charge in [0.25, 0.3) is 23.6 Å². The molecule has 0 unspecified atom stereocenters. The van der Waals surface area contributed by atoms with Crippen LogP contribution in [0.1, 0.15) is 111 Å². The molecule has 12 nitrogen and oxygen atoms in total. The van der Waals surface area contributed by atoms with Gasteiger partial charge >= 0.3 is 0 Å². The minimum atomic E-state index is -0.629. The second kappa shape index (κ2) is 17.8. The molecule has 2 heterocycles. The van der Waals surface area contributed by atoms with E-state index in [1.54, 1.807) is 103 Å². The van der Waals surface area contributed by atoms with Crippen LogP contribution in [0.25, 0.3) is 0 Å². The van der Waals surface area contributed by atoms with Crippen molar-refractivity contribution in [2.75, 3.05) is 11.9 Å². The summed E-state index contributed by atoms with van der Waals surface area (Å²) in [6.07, 6.45) is 0. The van der Waals surface area contributed by atoms with Crippen LogP contribution in [-0.2, 0) is 0 Å². The predicted molar refractivity (Wildman–Crippen MR) is 258 cm³/mol. The molecule has 2 aliphatic heterocycles. The largest absolute Gasteiger partial charge is 0.457 e. The fourth-order valence-corrected chi connectivity index (χ4v) is 8.28. The van der Waals surface area contributed by atoms with Crippen LogP contribution in [0.4, 0.5) is 5.69 Å². The van der Waals surface area contributed by atoms with E-state index in [0.717, 1.165) is 15.4 Å². The van der Waals surface area contributed by atoms with E-state index in [0.29, 0.717) is 45.3 Å². The second-order valence-corrected chi connectivity index (χ2v) is 16.7. The lowest BCUT2D eigenvalue weighted by molar-refractivity contribution is 0.0691. The van der Waals surface area contributed by atoms with E-state index in [-0.39, 0.29) is 61.8 Å². The molecule has 8 aromatic rings. The van der Waals surface area contributed by atoms with Gasteiger partial charge in [-0.1, -0.05) is 66.2 Å². The lowest BCUT2D eigenvalue weighted by Gasteiger charge is -2.14. The molecule has 0 N–H and O–H groups in total. The number of amides is 4. The topological polar surface area (TPSA) is 162 Å². The summed E-state index contributed by atoms with van der Waals surface area (Å²) < 4.78 is 11.9. The van der Waals surface area contributed by atoms with Gasteiger partial charge in [-0.15, -0.1) is 0 Å². The Bertz CT molecular complexity index is 3540. The number of imide groups is 2. The number of aryl methyl sites for hydroxylation is 1. The first-order valence-electron chi connectivity index (χ1n) is 21.9. The maximum atomic E-state index is 13.7. The summed E-state index contributed by atoms with van der Waals surface area (Å²) in [6.45, 7) is 1.99. The van der Waals surface area contributed by atoms with Crippen LogP contribution >= 0.6 is 0 Å². The van der Waals surface area contributed by atoms with E-state index >= 15 is 0 Å². The average molecular weight is 921 g/mol. The smallest absolute Gasteiger partial charge is 0.266 e. The van der Waals surface area contributed by atoms with Gasteiger partial charge < -0.3 is 9.47 Å². The standard InChI is InChI=1S/C58H36N2O10/c1-33-9-19-43(20-10-33)69-44-21-11-34(12-22-44)51(61)36-5-3-6-37(29-36)52(62)35-13-23-45(24-14-35)70-46-25-17-42(18-26-46)60-57(67)48-28-16-41(32-50(48)58(60)68)54(64)39-8-4-7-38(30-39)53(63)40-15-27-47-49(31-40)56(66)59(2)55(47)65/h3-32H,1-2H3. The van der Waals surface area contributed by atoms with Crippen molar-refractivity contribution < 1.29 is 47.8 Å². The van der Waals surface area contributed by atoms with Crippen molar-refractivity contribution in [1.82, 2.24) is 4.90 Å². The zero-order chi connectivity index (χ0) is 48.8. The minimum absolute atomic E-state index is 0.0358. The molecule has 0 saturated heterocycles. The van der Waals surface area contributed by atoms with E-state index in [1.165, 1.54) is 61.6 Å². The number of benzene rings is 8. The number of nitrogens with zero attached hydrogens (tertiary/aromatic N) is 2. The molecule has 0 saturated carbocycles. The highest BCUT2D eigenvalue weighted by atomic mass is 16.5. The number of hydrogen-bond donors (Lipinski definition) is 0. The molecular formula is C58H36N2O10. The lowest BCUT2D eigenvalue weighted by atomic mass is 9.95. The molecule has 4 amide bonds. The second-order valence-electron chi connectivity index (χ2n) is 16.7. The van der Waals surface area contributed by atoms with Crippen molar-refractivity contribution in [3.8, 4) is 23.0 Å². The Morgan fingerprint density at radius 1 is 0.343 bits per heavy atom. The minimum Gasteiger partial charge on any atom is -0.457 e. The lowest BCUT2D eigenvalue weighted by Crippen LogP contribution is -2.29. The van der Waals surface area contributed by atoms with Gasteiger partial charge in [-0.05, 0) is 128 Å². The van der Waals surface area contributed by atoms with Crippen LogP contribution in [0, 0.1) is 6.92 Å². The number of ether oxygens (including phenoxy) is 2. The van der Waals surface area contributed by atoms with Gasteiger partial charge in [0.2, 0.25) is 0 Å². The molecule has 0 atom stereocenters. The van der Waals surface area contributed by atoms with Crippen LogP contribution in [0.2, 0.25) is 0 Å². The number of hydrogen-bond acceptors (Lipinski definition) is 10. The molecule has 338 valence electrons.